The first kappa shape index (κ1) is 16.9. The van der Waals surface area contributed by atoms with E-state index in [0.717, 1.165) is 21.3 Å². The molecule has 2 rings (SSSR count). The number of nitrogens with zero attached hydrogens (tertiary/aromatic N) is 3. The van der Waals surface area contributed by atoms with E-state index >= 15 is 0 Å². The zero-order valence-corrected chi connectivity index (χ0v) is 13.8. The van der Waals surface area contributed by atoms with Crippen LogP contribution in [-0.2, 0) is 11.2 Å². The lowest BCUT2D eigenvalue weighted by Gasteiger charge is -2.02. The molecule has 0 radical (unpaired) electrons. The number of carbonyl (C=O) groups excluding carboxylic acids is 1. The maximum atomic E-state index is 11.6. The largest absolute Gasteiger partial charge is 0.481 e. The molecule has 0 unspecified atom stereocenters. The van der Waals surface area contributed by atoms with Gasteiger partial charge in [-0.05, 0) is 6.92 Å². The third-order valence-electron chi connectivity index (χ3n) is 2.66. The Morgan fingerprint density at radius 3 is 2.91 bits per heavy atom. The van der Waals surface area contributed by atoms with E-state index in [4.69, 9.17) is 10.4 Å². The molecule has 0 fully saturated rings. The van der Waals surface area contributed by atoms with Crippen LogP contribution in [0.25, 0.3) is 10.6 Å². The summed E-state index contributed by atoms with van der Waals surface area (Å²) in [6.45, 7) is 1.85. The number of aryl methyl sites for hydroxylation is 1. The minimum atomic E-state index is -0.977. The number of nitriles is 1. The highest BCUT2D eigenvalue weighted by atomic mass is 32.1. The monoisotopic (exact) mass is 351 g/mol. The van der Waals surface area contributed by atoms with Crippen LogP contribution >= 0.6 is 22.7 Å². The van der Waals surface area contributed by atoms with E-state index in [9.17, 15) is 9.59 Å². The summed E-state index contributed by atoms with van der Waals surface area (Å²) in [5.41, 5.74) is 1.46. The van der Waals surface area contributed by atoms with Crippen LogP contribution in [0.3, 0.4) is 0 Å². The van der Waals surface area contributed by atoms with Crippen molar-refractivity contribution in [3.8, 4) is 16.6 Å². The lowest BCUT2D eigenvalue weighted by molar-refractivity contribution is -0.136. The van der Waals surface area contributed by atoms with Crippen LogP contribution in [0.2, 0.25) is 0 Å². The van der Waals surface area contributed by atoms with Gasteiger partial charge in [-0.2, -0.15) is 5.26 Å². The minimum Gasteiger partial charge on any atom is -0.481 e. The number of rotatable bonds is 6. The first-order chi connectivity index (χ1) is 11.0. The van der Waals surface area contributed by atoms with Crippen molar-refractivity contribution in [2.75, 3.05) is 11.9 Å². The number of aliphatic carboxylic acids is 1. The molecule has 0 saturated heterocycles. The van der Waals surface area contributed by atoms with Crippen molar-refractivity contribution in [1.29, 1.82) is 5.26 Å². The molecule has 0 aliphatic heterocycles. The van der Waals surface area contributed by atoms with Crippen molar-refractivity contribution in [1.82, 2.24) is 15.3 Å². The first-order valence-corrected chi connectivity index (χ1v) is 8.25. The molecule has 0 aromatic carbocycles. The maximum absolute atomic E-state index is 11.6. The van der Waals surface area contributed by atoms with Crippen LogP contribution in [0.5, 0.6) is 0 Å². The fourth-order valence-electron chi connectivity index (χ4n) is 1.68. The van der Waals surface area contributed by atoms with Crippen LogP contribution in [0.15, 0.2) is 5.38 Å². The molecule has 0 bridgehead atoms. The lowest BCUT2D eigenvalue weighted by atomic mass is 10.3. The SMILES string of the molecule is Cc1nc(NC(=O)NCCC(=O)O)sc1-c1csc(CC#N)n1. The van der Waals surface area contributed by atoms with Gasteiger partial charge in [-0.25, -0.2) is 14.8 Å². The maximum Gasteiger partial charge on any atom is 0.321 e. The first-order valence-electron chi connectivity index (χ1n) is 6.55. The topological polar surface area (TPSA) is 128 Å². The van der Waals surface area contributed by atoms with Gasteiger partial charge in [0, 0.05) is 11.9 Å². The van der Waals surface area contributed by atoms with Gasteiger partial charge >= 0.3 is 12.0 Å². The molecule has 10 heteroatoms. The number of amides is 2. The second kappa shape index (κ2) is 7.66. The van der Waals surface area contributed by atoms with E-state index in [-0.39, 0.29) is 19.4 Å². The van der Waals surface area contributed by atoms with Gasteiger partial charge in [-0.3, -0.25) is 10.1 Å². The predicted molar refractivity (Wildman–Crippen MR) is 86.6 cm³/mol. The standard InChI is InChI=1S/C13H13N5O3S2/c1-7-11(8-6-22-9(17-8)2-4-14)23-13(16-7)18-12(21)15-5-3-10(19)20/h6H,2-3,5H2,1H3,(H,19,20)(H2,15,16,18,21). The smallest absolute Gasteiger partial charge is 0.321 e. The van der Waals surface area contributed by atoms with Crippen molar-refractivity contribution in [2.45, 2.75) is 19.8 Å². The van der Waals surface area contributed by atoms with E-state index in [1.54, 1.807) is 0 Å². The molecule has 23 heavy (non-hydrogen) atoms. The van der Waals surface area contributed by atoms with Crippen LogP contribution < -0.4 is 10.6 Å². The number of carbonyl (C=O) groups is 2. The van der Waals surface area contributed by atoms with Gasteiger partial charge in [0.2, 0.25) is 0 Å². The van der Waals surface area contributed by atoms with Crippen molar-refractivity contribution in [3.63, 3.8) is 0 Å². The number of aromatic nitrogens is 2. The summed E-state index contributed by atoms with van der Waals surface area (Å²) in [5.74, 6) is -0.977. The normalized spacial score (nSPS) is 10.1. The zero-order chi connectivity index (χ0) is 16.8. The molecule has 3 N–H and O–H groups in total. The van der Waals surface area contributed by atoms with Crippen molar-refractivity contribution < 1.29 is 14.7 Å². The molecule has 0 saturated carbocycles. The third-order valence-corrected chi connectivity index (χ3v) is 4.60. The number of hydrogen-bond acceptors (Lipinski definition) is 7. The average molecular weight is 351 g/mol. The van der Waals surface area contributed by atoms with Crippen LogP contribution in [0.1, 0.15) is 17.1 Å². The molecule has 120 valence electrons. The highest BCUT2D eigenvalue weighted by Gasteiger charge is 2.14. The number of hydrogen-bond donors (Lipinski definition) is 3. The number of anilines is 1. The molecular formula is C13H13N5O3S2. The number of nitrogens with one attached hydrogen (secondary N) is 2. The minimum absolute atomic E-state index is 0.0436. The van der Waals surface area contributed by atoms with Gasteiger partial charge in [0.1, 0.15) is 5.01 Å². The van der Waals surface area contributed by atoms with Gasteiger partial charge in [-0.15, -0.1) is 11.3 Å². The number of urea groups is 1. The van der Waals surface area contributed by atoms with Crippen molar-refractivity contribution >= 4 is 39.8 Å². The second-order valence-corrected chi connectivity index (χ2v) is 6.36. The van der Waals surface area contributed by atoms with Gasteiger partial charge in [-0.1, -0.05) is 11.3 Å². The fraction of sp³-hybridized carbons (Fsp3) is 0.308. The van der Waals surface area contributed by atoms with E-state index in [1.165, 1.54) is 22.7 Å². The molecule has 8 nitrogen and oxygen atoms in total. The Balaban J connectivity index is 2.01. The molecule has 0 aliphatic carbocycles. The fourth-order valence-corrected chi connectivity index (χ4v) is 3.39. The summed E-state index contributed by atoms with van der Waals surface area (Å²) in [7, 11) is 0. The van der Waals surface area contributed by atoms with Gasteiger partial charge in [0.05, 0.1) is 35.2 Å². The summed E-state index contributed by atoms with van der Waals surface area (Å²) in [4.78, 5) is 31.5. The van der Waals surface area contributed by atoms with Crippen molar-refractivity contribution in [3.05, 3.63) is 16.1 Å². The molecule has 2 heterocycles. The second-order valence-electron chi connectivity index (χ2n) is 4.42. The van der Waals surface area contributed by atoms with E-state index in [1.807, 2.05) is 12.3 Å². The molecule has 0 atom stereocenters. The van der Waals surface area contributed by atoms with Crippen molar-refractivity contribution in [2.24, 2.45) is 0 Å². The molecule has 0 spiro atoms. The summed E-state index contributed by atoms with van der Waals surface area (Å²) in [5, 5.41) is 25.2. The summed E-state index contributed by atoms with van der Waals surface area (Å²) in [6.07, 6.45) is 0.121. The molecule has 2 amide bonds. The Morgan fingerprint density at radius 1 is 1.43 bits per heavy atom. The summed E-state index contributed by atoms with van der Waals surface area (Å²) in [6, 6.07) is 1.55. The molecule has 0 aliphatic rings. The number of carboxylic acid groups (broad SMARTS) is 1. The van der Waals surface area contributed by atoms with Crippen LogP contribution in [0, 0.1) is 18.3 Å². The van der Waals surface area contributed by atoms with E-state index in [0.29, 0.717) is 5.13 Å². The number of thiazole rings is 2. The molecular weight excluding hydrogens is 338 g/mol. The Bertz CT molecular complexity index is 762. The Kier molecular flexibility index (Phi) is 5.61. The van der Waals surface area contributed by atoms with Crippen LogP contribution in [-0.4, -0.2) is 33.6 Å². The summed E-state index contributed by atoms with van der Waals surface area (Å²) >= 11 is 2.68. The van der Waals surface area contributed by atoms with E-state index in [2.05, 4.69) is 26.7 Å². The lowest BCUT2D eigenvalue weighted by Crippen LogP contribution is -2.30. The average Bonchev–Trinajstić information content (AvgIpc) is 3.05. The van der Waals surface area contributed by atoms with Gasteiger partial charge < -0.3 is 10.4 Å². The predicted octanol–water partition coefficient (Wildman–Crippen LogP) is 2.24. The Labute approximate surface area is 139 Å². The Hall–Kier alpha value is -2.51. The quantitative estimate of drug-likeness (QED) is 0.732. The van der Waals surface area contributed by atoms with E-state index < -0.39 is 12.0 Å². The zero-order valence-electron chi connectivity index (χ0n) is 12.1. The van der Waals surface area contributed by atoms with Gasteiger partial charge in [0.15, 0.2) is 5.13 Å². The third kappa shape index (κ3) is 4.73. The number of carboxylic acids is 1. The van der Waals surface area contributed by atoms with Gasteiger partial charge in [0.25, 0.3) is 0 Å². The molecule has 2 aromatic heterocycles. The highest BCUT2D eigenvalue weighted by molar-refractivity contribution is 7.19. The van der Waals surface area contributed by atoms with Crippen LogP contribution in [0.4, 0.5) is 9.93 Å². The highest BCUT2D eigenvalue weighted by Crippen LogP contribution is 2.33. The Morgan fingerprint density at radius 2 is 2.22 bits per heavy atom. The molecule has 2 aromatic rings. The summed E-state index contributed by atoms with van der Waals surface area (Å²) < 4.78 is 0.